The quantitative estimate of drug-likeness (QED) is 0.276. The number of aromatic nitrogens is 2. The normalized spacial score (nSPS) is 13.3. The van der Waals surface area contributed by atoms with Crippen LogP contribution in [-0.2, 0) is 4.79 Å². The van der Waals surface area contributed by atoms with Crippen molar-refractivity contribution in [3.63, 3.8) is 0 Å². The highest BCUT2D eigenvalue weighted by Gasteiger charge is 2.19. The Kier molecular flexibility index (Phi) is 7.46. The minimum Gasteiger partial charge on any atom is -0.333 e. The van der Waals surface area contributed by atoms with Gasteiger partial charge >= 0.3 is 0 Å². The summed E-state index contributed by atoms with van der Waals surface area (Å²) < 4.78 is 0. The number of hydrogen-bond donors (Lipinski definition) is 2. The summed E-state index contributed by atoms with van der Waals surface area (Å²) in [6, 6.07) is 16.3. The van der Waals surface area contributed by atoms with E-state index in [2.05, 4.69) is 58.6 Å². The van der Waals surface area contributed by atoms with Crippen molar-refractivity contribution < 1.29 is 4.79 Å². The molecule has 156 valence electrons. The molecule has 3 rings (SSSR count). The summed E-state index contributed by atoms with van der Waals surface area (Å²) in [6.07, 6.45) is 4.40. The van der Waals surface area contributed by atoms with Crippen LogP contribution < -0.4 is 5.43 Å². The van der Waals surface area contributed by atoms with Crippen molar-refractivity contribution in [2.24, 2.45) is 5.10 Å². The summed E-state index contributed by atoms with van der Waals surface area (Å²) >= 11 is 1.42. The first-order chi connectivity index (χ1) is 14.5. The van der Waals surface area contributed by atoms with Crippen LogP contribution in [0.4, 0.5) is 0 Å². The molecular weight excluding hydrogens is 392 g/mol. The van der Waals surface area contributed by atoms with E-state index in [1.54, 1.807) is 6.21 Å². The Labute approximate surface area is 182 Å². The molecule has 0 fully saturated rings. The number of allylic oxidation sites excluding steroid dienone is 1. The number of thioether (sulfide) groups is 1. The molecule has 0 aliphatic heterocycles. The molecule has 1 atom stereocenters. The van der Waals surface area contributed by atoms with Gasteiger partial charge in [-0.3, -0.25) is 4.79 Å². The minimum atomic E-state index is -0.268. The molecule has 0 saturated carbocycles. The Morgan fingerprint density at radius 1 is 1.20 bits per heavy atom. The number of H-pyrrole nitrogens is 1. The molecule has 1 heterocycles. The SMILES string of the molecule is CCC(Sc1nc2ccccc2[nH]1)C(=O)NN=CC(C)=Cc1ccc(C(C)C)cc1. The Hall–Kier alpha value is -2.86. The molecular formula is C24H28N4OS. The van der Waals surface area contributed by atoms with E-state index in [0.717, 1.165) is 27.3 Å². The molecule has 5 nitrogen and oxygen atoms in total. The number of rotatable bonds is 8. The van der Waals surface area contributed by atoms with E-state index >= 15 is 0 Å². The number of hydrazone groups is 1. The van der Waals surface area contributed by atoms with Gasteiger partial charge in [0.05, 0.1) is 22.5 Å². The molecule has 1 amide bonds. The number of benzene rings is 2. The number of carbonyl (C=O) groups is 1. The number of aromatic amines is 1. The summed E-state index contributed by atoms with van der Waals surface area (Å²) in [4.78, 5) is 20.3. The lowest BCUT2D eigenvalue weighted by Gasteiger charge is -2.10. The average Bonchev–Trinajstić information content (AvgIpc) is 3.14. The molecule has 0 aliphatic carbocycles. The maximum Gasteiger partial charge on any atom is 0.253 e. The van der Waals surface area contributed by atoms with Crippen LogP contribution in [0.15, 0.2) is 64.4 Å². The molecule has 3 aromatic rings. The minimum absolute atomic E-state index is 0.131. The fourth-order valence-corrected chi connectivity index (χ4v) is 3.91. The van der Waals surface area contributed by atoms with Crippen molar-refractivity contribution in [3.05, 3.63) is 65.2 Å². The van der Waals surface area contributed by atoms with Crippen molar-refractivity contribution in [3.8, 4) is 0 Å². The molecule has 1 aromatic heterocycles. The first-order valence-corrected chi connectivity index (χ1v) is 11.1. The molecule has 0 saturated heterocycles. The number of amides is 1. The van der Waals surface area contributed by atoms with Crippen LogP contribution >= 0.6 is 11.8 Å². The Morgan fingerprint density at radius 3 is 2.60 bits per heavy atom. The lowest BCUT2D eigenvalue weighted by molar-refractivity contribution is -0.120. The van der Waals surface area contributed by atoms with Crippen molar-refractivity contribution in [1.29, 1.82) is 0 Å². The Morgan fingerprint density at radius 2 is 1.93 bits per heavy atom. The van der Waals surface area contributed by atoms with Gasteiger partial charge in [-0.15, -0.1) is 0 Å². The third-order valence-corrected chi connectivity index (χ3v) is 5.97. The Bertz CT molecular complexity index is 1020. The topological polar surface area (TPSA) is 70.1 Å². The second-order valence-electron chi connectivity index (χ2n) is 7.52. The smallest absolute Gasteiger partial charge is 0.253 e. The van der Waals surface area contributed by atoms with Crippen molar-refractivity contribution in [2.45, 2.75) is 50.4 Å². The summed E-state index contributed by atoms with van der Waals surface area (Å²) in [5.41, 5.74) is 7.92. The highest BCUT2D eigenvalue weighted by molar-refractivity contribution is 8.00. The van der Waals surface area contributed by atoms with Crippen LogP contribution in [0.5, 0.6) is 0 Å². The summed E-state index contributed by atoms with van der Waals surface area (Å²) in [5, 5.41) is 4.60. The van der Waals surface area contributed by atoms with Gasteiger partial charge < -0.3 is 4.98 Å². The molecule has 0 aliphatic rings. The first kappa shape index (κ1) is 21.8. The highest BCUT2D eigenvalue weighted by atomic mass is 32.2. The van der Waals surface area contributed by atoms with Crippen LogP contribution in [0, 0.1) is 0 Å². The summed E-state index contributed by atoms with van der Waals surface area (Å²) in [5.74, 6) is 0.387. The average molecular weight is 421 g/mol. The third kappa shape index (κ3) is 5.83. The van der Waals surface area contributed by atoms with Gasteiger partial charge in [-0.05, 0) is 48.1 Å². The Balaban J connectivity index is 1.57. The van der Waals surface area contributed by atoms with Crippen LogP contribution in [0.25, 0.3) is 17.1 Å². The second-order valence-corrected chi connectivity index (χ2v) is 8.71. The number of fused-ring (bicyclic) bond motifs is 1. The maximum atomic E-state index is 12.5. The van der Waals surface area contributed by atoms with E-state index in [1.807, 2.05) is 44.2 Å². The monoisotopic (exact) mass is 420 g/mol. The van der Waals surface area contributed by atoms with E-state index in [-0.39, 0.29) is 11.2 Å². The zero-order valence-electron chi connectivity index (χ0n) is 17.8. The second kappa shape index (κ2) is 10.3. The number of para-hydroxylation sites is 2. The van der Waals surface area contributed by atoms with E-state index in [4.69, 9.17) is 0 Å². The van der Waals surface area contributed by atoms with Crippen LogP contribution in [0.1, 0.15) is 51.2 Å². The van der Waals surface area contributed by atoms with Gasteiger partial charge in [-0.25, -0.2) is 10.4 Å². The van der Waals surface area contributed by atoms with E-state index in [1.165, 1.54) is 17.3 Å². The molecule has 0 bridgehead atoms. The lowest BCUT2D eigenvalue weighted by atomic mass is 10.0. The molecule has 0 radical (unpaired) electrons. The predicted molar refractivity (Wildman–Crippen MR) is 127 cm³/mol. The first-order valence-electron chi connectivity index (χ1n) is 10.2. The molecule has 2 N–H and O–H groups in total. The van der Waals surface area contributed by atoms with E-state index < -0.39 is 0 Å². The van der Waals surface area contributed by atoms with Gasteiger partial charge in [-0.1, -0.05) is 75.0 Å². The molecule has 0 spiro atoms. The molecule has 30 heavy (non-hydrogen) atoms. The highest BCUT2D eigenvalue weighted by Crippen LogP contribution is 2.25. The molecule has 1 unspecified atom stereocenters. The van der Waals surface area contributed by atoms with Crippen LogP contribution in [0.2, 0.25) is 0 Å². The number of imidazole rings is 1. The molecule has 2 aromatic carbocycles. The van der Waals surface area contributed by atoms with E-state index in [9.17, 15) is 4.79 Å². The third-order valence-electron chi connectivity index (χ3n) is 4.73. The van der Waals surface area contributed by atoms with Gasteiger partial charge in [0.25, 0.3) is 5.91 Å². The van der Waals surface area contributed by atoms with Crippen LogP contribution in [-0.4, -0.2) is 27.3 Å². The van der Waals surface area contributed by atoms with Crippen molar-refractivity contribution in [1.82, 2.24) is 15.4 Å². The van der Waals surface area contributed by atoms with Gasteiger partial charge in [0.2, 0.25) is 0 Å². The number of nitrogens with zero attached hydrogens (tertiary/aromatic N) is 2. The predicted octanol–water partition coefficient (Wildman–Crippen LogP) is 5.76. The largest absolute Gasteiger partial charge is 0.333 e. The van der Waals surface area contributed by atoms with Gasteiger partial charge in [0, 0.05) is 0 Å². The number of carbonyl (C=O) groups excluding carboxylic acids is 1. The fourth-order valence-electron chi connectivity index (χ4n) is 2.99. The van der Waals surface area contributed by atoms with E-state index in [0.29, 0.717) is 12.3 Å². The summed E-state index contributed by atoms with van der Waals surface area (Å²) in [6.45, 7) is 8.31. The zero-order chi connectivity index (χ0) is 21.5. The fraction of sp³-hybridized carbons (Fsp3) is 0.292. The summed E-state index contributed by atoms with van der Waals surface area (Å²) in [7, 11) is 0. The van der Waals surface area contributed by atoms with Crippen LogP contribution in [0.3, 0.4) is 0 Å². The van der Waals surface area contributed by atoms with Crippen molar-refractivity contribution >= 4 is 41.0 Å². The standard InChI is InChI=1S/C24H28N4OS/c1-5-22(30-24-26-20-8-6-7-9-21(20)27-24)23(29)28-25-15-17(4)14-18-10-12-19(13-11-18)16(2)3/h6-16,22H,5H2,1-4H3,(H,26,27)(H,28,29). The lowest BCUT2D eigenvalue weighted by Crippen LogP contribution is -2.28. The van der Waals surface area contributed by atoms with Gasteiger partial charge in [-0.2, -0.15) is 5.10 Å². The number of hydrogen-bond acceptors (Lipinski definition) is 4. The number of nitrogens with one attached hydrogen (secondary N) is 2. The van der Waals surface area contributed by atoms with Gasteiger partial charge in [0.1, 0.15) is 0 Å². The zero-order valence-corrected chi connectivity index (χ0v) is 18.7. The van der Waals surface area contributed by atoms with Crippen molar-refractivity contribution in [2.75, 3.05) is 0 Å². The van der Waals surface area contributed by atoms with Gasteiger partial charge in [0.15, 0.2) is 5.16 Å². The maximum absolute atomic E-state index is 12.5. The molecule has 6 heteroatoms.